The molecule has 0 fully saturated rings. The molecule has 0 aromatic heterocycles. The Morgan fingerprint density at radius 3 is 2.31 bits per heavy atom. The first-order valence-corrected chi connectivity index (χ1v) is 9.84. The lowest BCUT2D eigenvalue weighted by Gasteiger charge is -2.07. The van der Waals surface area contributed by atoms with Crippen molar-refractivity contribution < 1.29 is 0 Å². The van der Waals surface area contributed by atoms with Gasteiger partial charge in [-0.15, -0.1) is 11.5 Å². The summed E-state index contributed by atoms with van der Waals surface area (Å²) in [5.74, 6) is 3.32. The van der Waals surface area contributed by atoms with Gasteiger partial charge in [0.1, 0.15) is 8.07 Å². The van der Waals surface area contributed by atoms with Gasteiger partial charge in [-0.05, 0) is 36.6 Å². The van der Waals surface area contributed by atoms with Crippen LogP contribution >= 0.6 is 15.9 Å². The molecule has 0 bridgehead atoms. The number of rotatable bonds is 1. The maximum atomic E-state index is 3.57. The molecular formula is C14H19BrSi. The molecule has 0 atom stereocenters. The number of hydrogen-bond acceptors (Lipinski definition) is 0. The van der Waals surface area contributed by atoms with Crippen LogP contribution < -0.4 is 0 Å². The van der Waals surface area contributed by atoms with Gasteiger partial charge in [0.2, 0.25) is 0 Å². The molecule has 0 N–H and O–H groups in total. The highest BCUT2D eigenvalue weighted by Gasteiger charge is 2.07. The van der Waals surface area contributed by atoms with Crippen LogP contribution in [0.5, 0.6) is 0 Å². The van der Waals surface area contributed by atoms with E-state index in [2.05, 4.69) is 73.0 Å². The van der Waals surface area contributed by atoms with Crippen LogP contribution in [0.3, 0.4) is 0 Å². The van der Waals surface area contributed by atoms with E-state index in [1.165, 1.54) is 21.2 Å². The van der Waals surface area contributed by atoms with Crippen LogP contribution in [0.15, 0.2) is 16.6 Å². The van der Waals surface area contributed by atoms with Gasteiger partial charge < -0.3 is 0 Å². The van der Waals surface area contributed by atoms with Crippen molar-refractivity contribution in [2.75, 3.05) is 0 Å². The summed E-state index contributed by atoms with van der Waals surface area (Å²) in [5.41, 5.74) is 7.37. The van der Waals surface area contributed by atoms with Crippen LogP contribution in [0.25, 0.3) is 0 Å². The van der Waals surface area contributed by atoms with Gasteiger partial charge in [0.25, 0.3) is 0 Å². The molecule has 0 heterocycles. The van der Waals surface area contributed by atoms with Crippen molar-refractivity contribution in [1.29, 1.82) is 0 Å². The normalized spacial score (nSPS) is 10.9. The zero-order valence-corrected chi connectivity index (χ0v) is 13.3. The summed E-state index contributed by atoms with van der Waals surface area (Å²) in [4.78, 5) is 0. The average molecular weight is 295 g/mol. The minimum absolute atomic E-state index is 0.870. The number of halogens is 1. The fourth-order valence-corrected chi connectivity index (χ4v) is 2.47. The van der Waals surface area contributed by atoms with Crippen LogP contribution in [0, 0.1) is 25.3 Å². The van der Waals surface area contributed by atoms with Gasteiger partial charge >= 0.3 is 0 Å². The Morgan fingerprint density at radius 2 is 1.75 bits per heavy atom. The van der Waals surface area contributed by atoms with E-state index in [1.54, 1.807) is 0 Å². The van der Waals surface area contributed by atoms with Crippen molar-refractivity contribution in [3.63, 3.8) is 0 Å². The van der Waals surface area contributed by atoms with Gasteiger partial charge in [0.05, 0.1) is 0 Å². The molecule has 0 aliphatic heterocycles. The number of aryl methyl sites for hydroxylation is 2. The summed E-state index contributed by atoms with van der Waals surface area (Å²) in [6, 6.07) is 4.42. The van der Waals surface area contributed by atoms with E-state index in [1.807, 2.05) is 0 Å². The van der Waals surface area contributed by atoms with Crippen LogP contribution in [0.1, 0.15) is 16.7 Å². The van der Waals surface area contributed by atoms with Crippen LogP contribution in [-0.2, 0) is 6.42 Å². The molecule has 0 radical (unpaired) electrons. The molecule has 0 aliphatic rings. The first-order chi connectivity index (χ1) is 7.29. The third kappa shape index (κ3) is 4.15. The number of hydrogen-bond donors (Lipinski definition) is 0. The van der Waals surface area contributed by atoms with E-state index in [0.29, 0.717) is 0 Å². The van der Waals surface area contributed by atoms with E-state index >= 15 is 0 Å². The topological polar surface area (TPSA) is 0 Å². The van der Waals surface area contributed by atoms with E-state index < -0.39 is 8.07 Å². The highest BCUT2D eigenvalue weighted by Crippen LogP contribution is 2.21. The zero-order valence-electron chi connectivity index (χ0n) is 10.7. The van der Waals surface area contributed by atoms with Gasteiger partial charge in [-0.25, -0.2) is 0 Å². The van der Waals surface area contributed by atoms with Crippen molar-refractivity contribution >= 4 is 24.0 Å². The van der Waals surface area contributed by atoms with Crippen LogP contribution in [-0.4, -0.2) is 8.07 Å². The summed E-state index contributed by atoms with van der Waals surface area (Å²) in [6.45, 7) is 11.1. The first-order valence-electron chi connectivity index (χ1n) is 5.55. The lowest BCUT2D eigenvalue weighted by Crippen LogP contribution is -2.16. The fraction of sp³-hybridized carbons (Fsp3) is 0.429. The standard InChI is InChI=1S/C14H19BrSi/c1-11-9-12(2)14(15)10-13(11)7-6-8-16(3,4)5/h9-10H,7H2,1-5H3. The van der Waals surface area contributed by atoms with Crippen molar-refractivity contribution in [2.45, 2.75) is 39.9 Å². The third-order valence-corrected chi connectivity index (χ3v) is 4.14. The monoisotopic (exact) mass is 294 g/mol. The molecule has 0 saturated carbocycles. The van der Waals surface area contributed by atoms with Gasteiger partial charge in [0.15, 0.2) is 0 Å². The molecule has 0 saturated heterocycles. The molecule has 0 spiro atoms. The molecule has 16 heavy (non-hydrogen) atoms. The smallest absolute Gasteiger partial charge is 0.129 e. The predicted octanol–water partition coefficient (Wildman–Crippen LogP) is 4.49. The van der Waals surface area contributed by atoms with E-state index in [4.69, 9.17) is 0 Å². The van der Waals surface area contributed by atoms with Crippen molar-refractivity contribution in [2.24, 2.45) is 0 Å². The summed E-state index contributed by atoms with van der Waals surface area (Å²) < 4.78 is 1.18. The van der Waals surface area contributed by atoms with Crippen LogP contribution in [0.4, 0.5) is 0 Å². The first kappa shape index (κ1) is 13.5. The van der Waals surface area contributed by atoms with Crippen molar-refractivity contribution in [3.05, 3.63) is 33.3 Å². The molecule has 1 aromatic rings. The van der Waals surface area contributed by atoms with Gasteiger partial charge in [-0.2, -0.15) is 0 Å². The number of benzene rings is 1. The van der Waals surface area contributed by atoms with Crippen molar-refractivity contribution in [3.8, 4) is 11.5 Å². The highest BCUT2D eigenvalue weighted by atomic mass is 79.9. The fourth-order valence-electron chi connectivity index (χ4n) is 1.46. The molecule has 0 amide bonds. The molecule has 1 aromatic carbocycles. The summed E-state index contributed by atoms with van der Waals surface area (Å²) in [6.07, 6.45) is 0.870. The van der Waals surface area contributed by atoms with Gasteiger partial charge in [-0.3, -0.25) is 0 Å². The predicted molar refractivity (Wildman–Crippen MR) is 78.4 cm³/mol. The second kappa shape index (κ2) is 5.20. The lowest BCUT2D eigenvalue weighted by molar-refractivity contribution is 1.21. The Bertz CT molecular complexity index is 444. The molecule has 0 aliphatic carbocycles. The van der Waals surface area contributed by atoms with E-state index in [0.717, 1.165) is 6.42 Å². The summed E-state index contributed by atoms with van der Waals surface area (Å²) in [7, 11) is -1.23. The van der Waals surface area contributed by atoms with Crippen LogP contribution in [0.2, 0.25) is 19.6 Å². The Morgan fingerprint density at radius 1 is 1.12 bits per heavy atom. The Kier molecular flexibility index (Phi) is 4.40. The Hall–Kier alpha value is -0.523. The summed E-state index contributed by atoms with van der Waals surface area (Å²) in [5, 5.41) is 0. The Labute approximate surface area is 109 Å². The molecular weight excluding hydrogens is 276 g/mol. The highest BCUT2D eigenvalue weighted by molar-refractivity contribution is 9.10. The molecule has 0 unspecified atom stereocenters. The van der Waals surface area contributed by atoms with E-state index in [9.17, 15) is 0 Å². The second-order valence-corrected chi connectivity index (χ2v) is 10.9. The molecule has 2 heteroatoms. The second-order valence-electron chi connectivity index (χ2n) is 5.26. The molecule has 1 rings (SSSR count). The minimum Gasteiger partial charge on any atom is -0.132 e. The quantitative estimate of drug-likeness (QED) is 0.529. The maximum absolute atomic E-state index is 3.57. The average Bonchev–Trinajstić information content (AvgIpc) is 2.11. The summed E-state index contributed by atoms with van der Waals surface area (Å²) >= 11 is 3.57. The van der Waals surface area contributed by atoms with E-state index in [-0.39, 0.29) is 0 Å². The van der Waals surface area contributed by atoms with Gasteiger partial charge in [-0.1, -0.05) is 41.6 Å². The minimum atomic E-state index is -1.23. The lowest BCUT2D eigenvalue weighted by atomic mass is 10.0. The SMILES string of the molecule is Cc1cc(C)c(CC#C[Si](C)(C)C)cc1Br. The zero-order chi connectivity index (χ0) is 12.3. The Balaban J connectivity index is 2.89. The largest absolute Gasteiger partial charge is 0.132 e. The van der Waals surface area contributed by atoms with Gasteiger partial charge in [0, 0.05) is 10.9 Å². The maximum Gasteiger partial charge on any atom is 0.129 e. The third-order valence-electron chi connectivity index (χ3n) is 2.36. The molecule has 86 valence electrons. The molecule has 0 nitrogen and oxygen atoms in total. The van der Waals surface area contributed by atoms with Crippen molar-refractivity contribution in [1.82, 2.24) is 0 Å².